The predicted octanol–water partition coefficient (Wildman–Crippen LogP) is 4.87. The molecule has 0 radical (unpaired) electrons. The van der Waals surface area contributed by atoms with Gasteiger partial charge in [0.15, 0.2) is 6.10 Å². The number of halogens is 2. The number of nitrogens with zero attached hydrogens (tertiary/aromatic N) is 2. The van der Waals surface area contributed by atoms with E-state index in [0.29, 0.717) is 27.7 Å². The Bertz CT molecular complexity index is 1230. The minimum Gasteiger partial charge on any atom is -0.508 e. The van der Waals surface area contributed by atoms with E-state index in [4.69, 9.17) is 21.2 Å². The van der Waals surface area contributed by atoms with Gasteiger partial charge < -0.3 is 9.84 Å². The minimum absolute atomic E-state index is 0.00504. The van der Waals surface area contributed by atoms with Crippen LogP contribution in [0, 0.1) is 5.92 Å². The number of fused-ring (bicyclic) bond motifs is 1. The molecule has 0 aromatic heterocycles. The lowest BCUT2D eigenvalue weighted by Gasteiger charge is -2.29. The summed E-state index contributed by atoms with van der Waals surface area (Å²) in [6.07, 6.45) is -1.04. The van der Waals surface area contributed by atoms with Gasteiger partial charge in [-0.15, -0.1) is 0 Å². The van der Waals surface area contributed by atoms with E-state index in [0.717, 1.165) is 9.37 Å². The second-order valence-electron chi connectivity index (χ2n) is 7.71. The van der Waals surface area contributed by atoms with E-state index in [-0.39, 0.29) is 5.75 Å². The SMILES string of the molecule is COc1ccc(N2C(=O)[C@@H]3[C@H](ON(c4ccc(Cl)cc4)[C@@H]3c3cc(Br)ccc3O)C2=O)cc1. The Morgan fingerprint density at radius 3 is 2.30 bits per heavy atom. The third-order valence-corrected chi connectivity index (χ3v) is 6.58. The van der Waals surface area contributed by atoms with Gasteiger partial charge in [-0.1, -0.05) is 27.5 Å². The molecule has 2 aliphatic heterocycles. The fraction of sp³-hybridized carbons (Fsp3) is 0.167. The number of aromatic hydroxyl groups is 1. The molecule has 9 heteroatoms. The lowest BCUT2D eigenvalue weighted by molar-refractivity contribution is -0.126. The summed E-state index contributed by atoms with van der Waals surface area (Å²) in [7, 11) is 1.54. The van der Waals surface area contributed by atoms with Crippen LogP contribution < -0.4 is 14.7 Å². The van der Waals surface area contributed by atoms with E-state index >= 15 is 0 Å². The Balaban J connectivity index is 1.59. The third-order valence-electron chi connectivity index (χ3n) is 5.84. The topological polar surface area (TPSA) is 79.3 Å². The van der Waals surface area contributed by atoms with E-state index in [2.05, 4.69) is 15.9 Å². The second-order valence-corrected chi connectivity index (χ2v) is 9.06. The zero-order chi connectivity index (χ0) is 23.3. The average Bonchev–Trinajstić information content (AvgIpc) is 3.32. The van der Waals surface area contributed by atoms with Crippen molar-refractivity contribution in [3.05, 3.63) is 81.8 Å². The molecule has 5 rings (SSSR count). The average molecular weight is 530 g/mol. The van der Waals surface area contributed by atoms with Crippen LogP contribution in [0.2, 0.25) is 5.02 Å². The highest BCUT2D eigenvalue weighted by molar-refractivity contribution is 9.10. The van der Waals surface area contributed by atoms with Crippen molar-refractivity contribution < 1.29 is 24.3 Å². The van der Waals surface area contributed by atoms with Crippen molar-refractivity contribution in [3.63, 3.8) is 0 Å². The Labute approximate surface area is 203 Å². The molecule has 0 saturated carbocycles. The Morgan fingerprint density at radius 1 is 0.970 bits per heavy atom. The molecule has 1 N–H and O–H groups in total. The Morgan fingerprint density at radius 2 is 1.64 bits per heavy atom. The van der Waals surface area contributed by atoms with Crippen LogP contribution in [0.25, 0.3) is 0 Å². The monoisotopic (exact) mass is 528 g/mol. The molecular formula is C24H18BrClN2O5. The highest BCUT2D eigenvalue weighted by Gasteiger charge is 2.60. The van der Waals surface area contributed by atoms with E-state index in [1.165, 1.54) is 11.1 Å². The number of amides is 2. The van der Waals surface area contributed by atoms with Crippen LogP contribution in [0.1, 0.15) is 11.6 Å². The number of carbonyl (C=O) groups is 2. The highest BCUT2D eigenvalue weighted by Crippen LogP contribution is 2.49. The lowest BCUT2D eigenvalue weighted by Crippen LogP contribution is -2.37. The molecule has 3 aromatic rings. The van der Waals surface area contributed by atoms with Gasteiger partial charge in [0.05, 0.1) is 24.5 Å². The van der Waals surface area contributed by atoms with Crippen molar-refractivity contribution in [2.45, 2.75) is 12.1 Å². The summed E-state index contributed by atoms with van der Waals surface area (Å²) in [6, 6.07) is 17.7. The molecule has 0 unspecified atom stereocenters. The molecule has 0 aliphatic carbocycles. The van der Waals surface area contributed by atoms with Crippen molar-refractivity contribution in [1.82, 2.24) is 0 Å². The van der Waals surface area contributed by atoms with Gasteiger partial charge in [0, 0.05) is 15.1 Å². The van der Waals surface area contributed by atoms with Gasteiger partial charge in [-0.3, -0.25) is 14.4 Å². The van der Waals surface area contributed by atoms with Crippen LogP contribution in [0.15, 0.2) is 71.2 Å². The van der Waals surface area contributed by atoms with Crippen LogP contribution >= 0.6 is 27.5 Å². The maximum Gasteiger partial charge on any atom is 0.266 e. The number of benzene rings is 3. The molecule has 2 fully saturated rings. The fourth-order valence-corrected chi connectivity index (χ4v) is 4.80. The van der Waals surface area contributed by atoms with Crippen molar-refractivity contribution in [3.8, 4) is 11.5 Å². The molecule has 2 heterocycles. The number of anilines is 2. The number of methoxy groups -OCH3 is 1. The van der Waals surface area contributed by atoms with Crippen LogP contribution in [0.3, 0.4) is 0 Å². The molecular weight excluding hydrogens is 512 g/mol. The summed E-state index contributed by atoms with van der Waals surface area (Å²) < 4.78 is 5.89. The number of hydrogen-bond donors (Lipinski definition) is 1. The number of phenolic OH excluding ortho intramolecular Hbond substituents is 1. The Hall–Kier alpha value is -3.07. The second kappa shape index (κ2) is 8.37. The van der Waals surface area contributed by atoms with Gasteiger partial charge >= 0.3 is 0 Å². The van der Waals surface area contributed by atoms with Gasteiger partial charge in [-0.2, -0.15) is 0 Å². The number of phenols is 1. The fourth-order valence-electron chi connectivity index (χ4n) is 4.29. The van der Waals surface area contributed by atoms with Crippen LogP contribution in [0.5, 0.6) is 11.5 Å². The highest BCUT2D eigenvalue weighted by atomic mass is 79.9. The van der Waals surface area contributed by atoms with E-state index in [9.17, 15) is 14.7 Å². The lowest BCUT2D eigenvalue weighted by atomic mass is 9.90. The number of imide groups is 1. The van der Waals surface area contributed by atoms with Crippen molar-refractivity contribution in [2.24, 2.45) is 5.92 Å². The van der Waals surface area contributed by atoms with Gasteiger partial charge in [0.1, 0.15) is 17.4 Å². The molecule has 168 valence electrons. The first kappa shape index (κ1) is 21.8. The van der Waals surface area contributed by atoms with Gasteiger partial charge in [-0.05, 0) is 66.7 Å². The van der Waals surface area contributed by atoms with Crippen molar-refractivity contribution in [2.75, 3.05) is 17.1 Å². The summed E-state index contributed by atoms with van der Waals surface area (Å²) in [5.41, 5.74) is 1.50. The predicted molar refractivity (Wildman–Crippen MR) is 126 cm³/mol. The van der Waals surface area contributed by atoms with Gasteiger partial charge in [0.2, 0.25) is 5.91 Å². The standard InChI is InChI=1S/C24H18BrClN2O5/c1-32-17-9-7-15(8-10-17)27-23(30)20-21(18-12-13(25)2-11-19(18)29)28(33-22(20)24(27)31)16-5-3-14(26)4-6-16/h2-12,20-22,29H,1H3/t20-,21+,22-/m0/s1. The van der Waals surface area contributed by atoms with Crippen LogP contribution in [-0.4, -0.2) is 30.1 Å². The molecule has 2 aliphatic rings. The summed E-state index contributed by atoms with van der Waals surface area (Å²) in [4.78, 5) is 34.2. The van der Waals surface area contributed by atoms with E-state index in [1.54, 1.807) is 67.8 Å². The summed E-state index contributed by atoms with van der Waals surface area (Å²) in [5, 5.41) is 12.7. The molecule has 7 nitrogen and oxygen atoms in total. The maximum absolute atomic E-state index is 13.6. The number of rotatable bonds is 4. The van der Waals surface area contributed by atoms with E-state index in [1.807, 2.05) is 0 Å². The maximum atomic E-state index is 13.6. The number of carbonyl (C=O) groups excluding carboxylic acids is 2. The molecule has 33 heavy (non-hydrogen) atoms. The third kappa shape index (κ3) is 3.64. The van der Waals surface area contributed by atoms with Crippen LogP contribution in [0.4, 0.5) is 11.4 Å². The smallest absolute Gasteiger partial charge is 0.266 e. The first-order chi connectivity index (χ1) is 15.9. The largest absolute Gasteiger partial charge is 0.508 e. The van der Waals surface area contributed by atoms with Crippen LogP contribution in [-0.2, 0) is 14.4 Å². The molecule has 2 saturated heterocycles. The zero-order valence-electron chi connectivity index (χ0n) is 17.3. The van der Waals surface area contributed by atoms with Crippen molar-refractivity contribution in [1.29, 1.82) is 0 Å². The van der Waals surface area contributed by atoms with Gasteiger partial charge in [0.25, 0.3) is 5.91 Å². The zero-order valence-corrected chi connectivity index (χ0v) is 19.7. The Kier molecular flexibility index (Phi) is 5.52. The number of hydroxylamine groups is 1. The first-order valence-corrected chi connectivity index (χ1v) is 11.3. The quantitative estimate of drug-likeness (QED) is 0.486. The van der Waals surface area contributed by atoms with Crippen molar-refractivity contribution >= 4 is 50.7 Å². The molecule has 0 spiro atoms. The molecule has 3 aromatic carbocycles. The minimum atomic E-state index is -1.04. The summed E-state index contributed by atoms with van der Waals surface area (Å²) in [6.45, 7) is 0. The van der Waals surface area contributed by atoms with Gasteiger partial charge in [-0.25, -0.2) is 9.96 Å². The summed E-state index contributed by atoms with van der Waals surface area (Å²) >= 11 is 9.47. The first-order valence-electron chi connectivity index (χ1n) is 10.1. The summed E-state index contributed by atoms with van der Waals surface area (Å²) in [5.74, 6) is -1.13. The molecule has 3 atom stereocenters. The normalized spacial score (nSPS) is 22.1. The number of ether oxygens (including phenoxy) is 1. The number of hydrogen-bond acceptors (Lipinski definition) is 6. The molecule has 0 bridgehead atoms. The molecule has 2 amide bonds. The van der Waals surface area contributed by atoms with E-state index < -0.39 is 29.9 Å².